The number of rotatable bonds is 4. The monoisotopic (exact) mass is 283 g/mol. The molecule has 0 unspecified atom stereocenters. The Morgan fingerprint density at radius 1 is 1.56 bits per heavy atom. The molecule has 0 aliphatic carbocycles. The number of ether oxygens (including phenoxy) is 1. The Kier molecular flexibility index (Phi) is 3.40. The van der Waals surface area contributed by atoms with E-state index in [0.29, 0.717) is 18.4 Å². The Hall–Kier alpha value is -1.56. The molecule has 1 N–H and O–H groups in total. The van der Waals surface area contributed by atoms with Gasteiger partial charge in [0.1, 0.15) is 0 Å². The van der Waals surface area contributed by atoms with E-state index in [0.717, 1.165) is 10.0 Å². The Bertz CT molecular complexity index is 459. The van der Waals surface area contributed by atoms with E-state index in [9.17, 15) is 0 Å². The summed E-state index contributed by atoms with van der Waals surface area (Å²) in [5.41, 5.74) is 1.03. The molecule has 2 aromatic heterocycles. The van der Waals surface area contributed by atoms with Gasteiger partial charge in [0.15, 0.2) is 0 Å². The van der Waals surface area contributed by atoms with E-state index in [4.69, 9.17) is 9.15 Å². The maximum atomic E-state index is 5.07. The van der Waals surface area contributed by atoms with Crippen LogP contribution >= 0.6 is 15.9 Å². The molecule has 84 valence electrons. The van der Waals surface area contributed by atoms with Crippen LogP contribution in [0.1, 0.15) is 5.56 Å². The number of methoxy groups -OCH3 is 1. The molecule has 2 aromatic rings. The topological polar surface area (TPSA) is 60.2 Å². The van der Waals surface area contributed by atoms with Gasteiger partial charge in [0.05, 0.1) is 30.3 Å². The molecule has 5 nitrogen and oxygen atoms in total. The molecule has 6 heteroatoms. The van der Waals surface area contributed by atoms with E-state index in [1.165, 1.54) is 0 Å². The largest absolute Gasteiger partial charge is 0.480 e. The molecular formula is C10H10BrN3O2. The maximum absolute atomic E-state index is 5.07. The van der Waals surface area contributed by atoms with Crippen LogP contribution < -0.4 is 10.1 Å². The van der Waals surface area contributed by atoms with Gasteiger partial charge in [-0.15, -0.1) is 0 Å². The van der Waals surface area contributed by atoms with Gasteiger partial charge >= 0.3 is 0 Å². The highest BCUT2D eigenvalue weighted by Gasteiger charge is 2.04. The van der Waals surface area contributed by atoms with E-state index in [2.05, 4.69) is 31.2 Å². The summed E-state index contributed by atoms with van der Waals surface area (Å²) < 4.78 is 10.7. The van der Waals surface area contributed by atoms with Crippen molar-refractivity contribution < 1.29 is 9.15 Å². The van der Waals surface area contributed by atoms with Crippen molar-refractivity contribution in [3.63, 3.8) is 0 Å². The summed E-state index contributed by atoms with van der Waals surface area (Å²) in [5.74, 6) is 1.02. The van der Waals surface area contributed by atoms with Crippen molar-refractivity contribution in [2.45, 2.75) is 6.54 Å². The van der Waals surface area contributed by atoms with Crippen molar-refractivity contribution in [3.05, 3.63) is 34.8 Å². The van der Waals surface area contributed by atoms with Crippen LogP contribution in [0.15, 0.2) is 33.7 Å². The second-order valence-electron chi connectivity index (χ2n) is 3.04. The standard InChI is InChI=1S/C10H10BrN3O2/c1-15-9-8(11)5-13-10(14-9)12-4-7-2-3-16-6-7/h2-3,5-6H,4H2,1H3,(H,12,13,14). The summed E-state index contributed by atoms with van der Waals surface area (Å²) in [6, 6.07) is 1.88. The van der Waals surface area contributed by atoms with Crippen LogP contribution in [-0.4, -0.2) is 17.1 Å². The molecule has 0 aliphatic heterocycles. The molecule has 0 atom stereocenters. The number of anilines is 1. The van der Waals surface area contributed by atoms with Crippen molar-refractivity contribution in [3.8, 4) is 5.88 Å². The molecule has 0 saturated carbocycles. The summed E-state index contributed by atoms with van der Waals surface area (Å²) in [7, 11) is 1.56. The fraction of sp³-hybridized carbons (Fsp3) is 0.200. The van der Waals surface area contributed by atoms with Crippen molar-refractivity contribution in [1.29, 1.82) is 0 Å². The smallest absolute Gasteiger partial charge is 0.232 e. The van der Waals surface area contributed by atoms with Crippen molar-refractivity contribution >= 4 is 21.9 Å². The maximum Gasteiger partial charge on any atom is 0.232 e. The zero-order valence-corrected chi connectivity index (χ0v) is 10.2. The first-order chi connectivity index (χ1) is 7.79. The predicted molar refractivity (Wildman–Crippen MR) is 62.3 cm³/mol. The number of nitrogens with one attached hydrogen (secondary N) is 1. The van der Waals surface area contributed by atoms with Crippen LogP contribution in [0.5, 0.6) is 5.88 Å². The van der Waals surface area contributed by atoms with Gasteiger partial charge in [-0.3, -0.25) is 0 Å². The lowest BCUT2D eigenvalue weighted by Crippen LogP contribution is -2.03. The highest BCUT2D eigenvalue weighted by Crippen LogP contribution is 2.21. The van der Waals surface area contributed by atoms with Crippen molar-refractivity contribution in [2.75, 3.05) is 12.4 Å². The normalized spacial score (nSPS) is 10.1. The fourth-order valence-corrected chi connectivity index (χ4v) is 1.51. The molecule has 0 radical (unpaired) electrons. The lowest BCUT2D eigenvalue weighted by atomic mass is 10.3. The first kappa shape index (κ1) is 10.9. The van der Waals surface area contributed by atoms with Gasteiger partial charge in [0.2, 0.25) is 11.8 Å². The Balaban J connectivity index is 2.04. The van der Waals surface area contributed by atoms with E-state index < -0.39 is 0 Å². The van der Waals surface area contributed by atoms with Gasteiger partial charge in [-0.1, -0.05) is 0 Å². The third-order valence-corrected chi connectivity index (χ3v) is 2.48. The van der Waals surface area contributed by atoms with Crippen LogP contribution in [0.3, 0.4) is 0 Å². The minimum Gasteiger partial charge on any atom is -0.480 e. The van der Waals surface area contributed by atoms with Crippen LogP contribution in [0.2, 0.25) is 0 Å². The van der Waals surface area contributed by atoms with Gasteiger partial charge in [0.25, 0.3) is 0 Å². The van der Waals surface area contributed by atoms with Crippen molar-refractivity contribution in [1.82, 2.24) is 9.97 Å². The average Bonchev–Trinajstić information content (AvgIpc) is 2.81. The van der Waals surface area contributed by atoms with Crippen LogP contribution in [0.4, 0.5) is 5.95 Å². The van der Waals surface area contributed by atoms with Gasteiger partial charge in [0, 0.05) is 12.1 Å². The summed E-state index contributed by atoms with van der Waals surface area (Å²) in [5, 5.41) is 3.07. The molecule has 2 rings (SSSR count). The molecule has 2 heterocycles. The number of hydrogen-bond donors (Lipinski definition) is 1. The van der Waals surface area contributed by atoms with E-state index in [1.807, 2.05) is 6.07 Å². The van der Waals surface area contributed by atoms with Gasteiger partial charge in [-0.25, -0.2) is 4.98 Å². The molecule has 16 heavy (non-hydrogen) atoms. The first-order valence-corrected chi connectivity index (χ1v) is 5.40. The SMILES string of the molecule is COc1nc(NCc2ccoc2)ncc1Br. The average molecular weight is 284 g/mol. The highest BCUT2D eigenvalue weighted by atomic mass is 79.9. The molecule has 0 spiro atoms. The molecular weight excluding hydrogens is 274 g/mol. The minimum absolute atomic E-state index is 0.504. The van der Waals surface area contributed by atoms with E-state index >= 15 is 0 Å². The third-order valence-electron chi connectivity index (χ3n) is 1.94. The number of aromatic nitrogens is 2. The molecule has 0 saturated heterocycles. The quantitative estimate of drug-likeness (QED) is 0.934. The van der Waals surface area contributed by atoms with Crippen LogP contribution in [0, 0.1) is 0 Å². The Morgan fingerprint density at radius 2 is 2.44 bits per heavy atom. The number of halogens is 1. The lowest BCUT2D eigenvalue weighted by Gasteiger charge is -2.05. The van der Waals surface area contributed by atoms with Gasteiger partial charge in [-0.2, -0.15) is 4.98 Å². The second kappa shape index (κ2) is 4.98. The van der Waals surface area contributed by atoms with Crippen molar-refractivity contribution in [2.24, 2.45) is 0 Å². The molecule has 0 fully saturated rings. The summed E-state index contributed by atoms with van der Waals surface area (Å²) >= 11 is 3.29. The van der Waals surface area contributed by atoms with Gasteiger partial charge in [-0.05, 0) is 22.0 Å². The zero-order chi connectivity index (χ0) is 11.4. The summed E-state index contributed by atoms with van der Waals surface area (Å²) in [6.07, 6.45) is 4.94. The van der Waals surface area contributed by atoms with E-state index in [-0.39, 0.29) is 0 Å². The van der Waals surface area contributed by atoms with E-state index in [1.54, 1.807) is 25.8 Å². The fourth-order valence-electron chi connectivity index (χ4n) is 1.15. The minimum atomic E-state index is 0.504. The molecule has 0 aromatic carbocycles. The number of nitrogens with zero attached hydrogens (tertiary/aromatic N) is 2. The van der Waals surface area contributed by atoms with Crippen LogP contribution in [0.25, 0.3) is 0 Å². The highest BCUT2D eigenvalue weighted by molar-refractivity contribution is 9.10. The summed E-state index contributed by atoms with van der Waals surface area (Å²) in [6.45, 7) is 0.612. The zero-order valence-electron chi connectivity index (χ0n) is 8.61. The van der Waals surface area contributed by atoms with Gasteiger partial charge < -0.3 is 14.5 Å². The third kappa shape index (κ3) is 2.52. The van der Waals surface area contributed by atoms with Crippen LogP contribution in [-0.2, 0) is 6.54 Å². The lowest BCUT2D eigenvalue weighted by molar-refractivity contribution is 0.394. The number of furan rings is 1. The molecule has 0 amide bonds. The first-order valence-electron chi connectivity index (χ1n) is 4.61. The summed E-state index contributed by atoms with van der Waals surface area (Å²) in [4.78, 5) is 8.27. The number of hydrogen-bond acceptors (Lipinski definition) is 5. The predicted octanol–water partition coefficient (Wildman–Crippen LogP) is 2.45. The molecule has 0 bridgehead atoms. The Labute approximate surface area is 101 Å². The second-order valence-corrected chi connectivity index (χ2v) is 3.89. The Morgan fingerprint density at radius 3 is 3.12 bits per heavy atom. The molecule has 0 aliphatic rings.